The van der Waals surface area contributed by atoms with Crippen LogP contribution in [0.4, 0.5) is 4.79 Å². The van der Waals surface area contributed by atoms with Crippen molar-refractivity contribution in [1.82, 2.24) is 15.1 Å². The second-order valence-corrected chi connectivity index (χ2v) is 9.45. The molecule has 0 bridgehead atoms. The number of benzene rings is 2. The van der Waals surface area contributed by atoms with Crippen LogP contribution < -0.4 is 10.1 Å². The highest BCUT2D eigenvalue weighted by molar-refractivity contribution is 6.31. The standard InChI is InChI=1S/C29H27N3O6/c1-38-24-12-11-19(15-20(24)17-32-26(34)21-9-5-6-10-22(21)27(32)35)16-23-25(33)30-29(37)31(28(23)36)14-13-18-7-3-2-4-8-18/h5-7,9-12,15-16H,2-4,8,13-14,17H2,1H3,(H,30,33,37). The first-order valence-corrected chi connectivity index (χ1v) is 12.6. The Morgan fingerprint density at radius 3 is 2.32 bits per heavy atom. The molecule has 2 heterocycles. The first-order valence-electron chi connectivity index (χ1n) is 12.6. The van der Waals surface area contributed by atoms with Crippen molar-refractivity contribution in [2.45, 2.75) is 38.6 Å². The molecule has 1 aliphatic carbocycles. The number of methoxy groups -OCH3 is 1. The fourth-order valence-corrected chi connectivity index (χ4v) is 5.02. The fourth-order valence-electron chi connectivity index (χ4n) is 5.02. The van der Waals surface area contributed by atoms with Gasteiger partial charge in [0.2, 0.25) is 0 Å². The minimum atomic E-state index is -0.772. The summed E-state index contributed by atoms with van der Waals surface area (Å²) in [5.41, 5.74) is 2.74. The molecule has 194 valence electrons. The van der Waals surface area contributed by atoms with E-state index in [2.05, 4.69) is 11.4 Å². The quantitative estimate of drug-likeness (QED) is 0.261. The lowest BCUT2D eigenvalue weighted by atomic mass is 9.97. The summed E-state index contributed by atoms with van der Waals surface area (Å²) in [5, 5.41) is 2.25. The summed E-state index contributed by atoms with van der Waals surface area (Å²) in [7, 11) is 1.47. The number of urea groups is 1. The third-order valence-electron chi connectivity index (χ3n) is 7.05. The second-order valence-electron chi connectivity index (χ2n) is 9.45. The topological polar surface area (TPSA) is 113 Å². The Bertz CT molecular complexity index is 1390. The number of carbonyl (C=O) groups excluding carboxylic acids is 5. The number of ether oxygens (including phenoxy) is 1. The maximum Gasteiger partial charge on any atom is 0.331 e. The van der Waals surface area contributed by atoms with E-state index in [4.69, 9.17) is 4.74 Å². The van der Waals surface area contributed by atoms with Gasteiger partial charge in [-0.2, -0.15) is 0 Å². The highest BCUT2D eigenvalue weighted by Gasteiger charge is 2.37. The average molecular weight is 514 g/mol. The molecule has 1 N–H and O–H groups in total. The predicted molar refractivity (Wildman–Crippen MR) is 138 cm³/mol. The molecule has 9 nitrogen and oxygen atoms in total. The van der Waals surface area contributed by atoms with Crippen LogP contribution in [0.2, 0.25) is 0 Å². The van der Waals surface area contributed by atoms with Gasteiger partial charge < -0.3 is 4.74 Å². The van der Waals surface area contributed by atoms with Gasteiger partial charge in [0.25, 0.3) is 23.6 Å². The molecule has 1 saturated heterocycles. The summed E-state index contributed by atoms with van der Waals surface area (Å²) in [6.07, 6.45) is 8.33. The summed E-state index contributed by atoms with van der Waals surface area (Å²) in [4.78, 5) is 66.1. The molecule has 6 amide bonds. The highest BCUT2D eigenvalue weighted by atomic mass is 16.5. The van der Waals surface area contributed by atoms with Crippen LogP contribution >= 0.6 is 0 Å². The molecule has 5 rings (SSSR count). The Labute approximate surface area is 219 Å². The van der Waals surface area contributed by atoms with Gasteiger partial charge in [0.1, 0.15) is 11.3 Å². The van der Waals surface area contributed by atoms with Gasteiger partial charge >= 0.3 is 6.03 Å². The lowest BCUT2D eigenvalue weighted by molar-refractivity contribution is -0.130. The number of amides is 6. The number of rotatable bonds is 7. The first-order chi connectivity index (χ1) is 18.4. The third-order valence-corrected chi connectivity index (χ3v) is 7.05. The Kier molecular flexibility index (Phi) is 6.91. The van der Waals surface area contributed by atoms with Crippen molar-refractivity contribution in [3.63, 3.8) is 0 Å². The first kappa shape index (κ1) is 25.1. The monoisotopic (exact) mass is 513 g/mol. The van der Waals surface area contributed by atoms with Gasteiger partial charge in [0, 0.05) is 12.1 Å². The van der Waals surface area contributed by atoms with Crippen molar-refractivity contribution in [3.05, 3.63) is 81.9 Å². The van der Waals surface area contributed by atoms with E-state index >= 15 is 0 Å². The van der Waals surface area contributed by atoms with Gasteiger partial charge in [0.15, 0.2) is 0 Å². The van der Waals surface area contributed by atoms with Crippen molar-refractivity contribution in [2.24, 2.45) is 0 Å². The van der Waals surface area contributed by atoms with E-state index in [1.807, 2.05) is 0 Å². The van der Waals surface area contributed by atoms with Gasteiger partial charge in [-0.3, -0.25) is 34.3 Å². The normalized spacial score (nSPS) is 18.6. The number of nitrogens with zero attached hydrogens (tertiary/aromatic N) is 2. The van der Waals surface area contributed by atoms with Crippen LogP contribution in [0.1, 0.15) is 63.9 Å². The zero-order chi connectivity index (χ0) is 26.8. The summed E-state index contributed by atoms with van der Waals surface area (Å²) >= 11 is 0. The molecule has 0 spiro atoms. The molecule has 0 atom stereocenters. The van der Waals surface area contributed by atoms with Gasteiger partial charge in [-0.1, -0.05) is 29.8 Å². The van der Waals surface area contributed by atoms with E-state index in [-0.39, 0.29) is 18.7 Å². The van der Waals surface area contributed by atoms with Gasteiger partial charge in [0.05, 0.1) is 24.8 Å². The SMILES string of the molecule is COc1ccc(C=C2C(=O)NC(=O)N(CCC3=CCCCC3)C2=O)cc1CN1C(=O)c2ccccc2C1=O. The maximum absolute atomic E-state index is 13.2. The molecule has 0 radical (unpaired) electrons. The number of imide groups is 3. The van der Waals surface area contributed by atoms with Crippen molar-refractivity contribution in [3.8, 4) is 5.75 Å². The number of nitrogens with one attached hydrogen (secondary N) is 1. The number of hydrogen-bond acceptors (Lipinski definition) is 6. The summed E-state index contributed by atoms with van der Waals surface area (Å²) in [6.45, 7) is 0.140. The number of carbonyl (C=O) groups is 5. The maximum atomic E-state index is 13.2. The molecule has 9 heteroatoms. The van der Waals surface area contributed by atoms with Gasteiger partial charge in [-0.05, 0) is 68.0 Å². The average Bonchev–Trinajstić information content (AvgIpc) is 3.16. The Hall–Kier alpha value is -4.53. The molecule has 2 aromatic carbocycles. The third kappa shape index (κ3) is 4.74. The number of barbiturate groups is 1. The van der Waals surface area contributed by atoms with E-state index in [0.717, 1.165) is 35.5 Å². The largest absolute Gasteiger partial charge is 0.496 e. The van der Waals surface area contributed by atoms with E-state index < -0.39 is 29.7 Å². The van der Waals surface area contributed by atoms with Crippen LogP contribution in [0.15, 0.2) is 59.7 Å². The van der Waals surface area contributed by atoms with E-state index in [0.29, 0.717) is 34.4 Å². The summed E-state index contributed by atoms with van der Waals surface area (Å²) in [5.74, 6) is -1.79. The van der Waals surface area contributed by atoms with Crippen LogP contribution in [-0.4, -0.2) is 53.1 Å². The fraction of sp³-hybridized carbons (Fsp3) is 0.276. The number of fused-ring (bicyclic) bond motifs is 1. The minimum absolute atomic E-state index is 0.0492. The number of allylic oxidation sites excluding steroid dienone is 1. The molecular weight excluding hydrogens is 486 g/mol. The molecule has 2 aliphatic heterocycles. The highest BCUT2D eigenvalue weighted by Crippen LogP contribution is 2.29. The Balaban J connectivity index is 1.39. The molecule has 1 fully saturated rings. The van der Waals surface area contributed by atoms with E-state index in [9.17, 15) is 24.0 Å². The van der Waals surface area contributed by atoms with Crippen LogP contribution in [0.25, 0.3) is 6.08 Å². The van der Waals surface area contributed by atoms with Crippen LogP contribution in [0.3, 0.4) is 0 Å². The zero-order valence-corrected chi connectivity index (χ0v) is 21.0. The van der Waals surface area contributed by atoms with Crippen molar-refractivity contribution < 1.29 is 28.7 Å². The van der Waals surface area contributed by atoms with Crippen LogP contribution in [0, 0.1) is 0 Å². The summed E-state index contributed by atoms with van der Waals surface area (Å²) < 4.78 is 5.44. The summed E-state index contributed by atoms with van der Waals surface area (Å²) in [6, 6.07) is 10.9. The molecule has 3 aliphatic rings. The second kappa shape index (κ2) is 10.5. The zero-order valence-electron chi connectivity index (χ0n) is 21.0. The number of hydrogen-bond donors (Lipinski definition) is 1. The van der Waals surface area contributed by atoms with Crippen molar-refractivity contribution >= 4 is 35.7 Å². The molecular formula is C29H27N3O6. The van der Waals surface area contributed by atoms with E-state index in [1.54, 1.807) is 42.5 Å². The molecule has 0 saturated carbocycles. The molecule has 38 heavy (non-hydrogen) atoms. The van der Waals surface area contributed by atoms with E-state index in [1.165, 1.54) is 18.8 Å². The Morgan fingerprint density at radius 2 is 1.66 bits per heavy atom. The minimum Gasteiger partial charge on any atom is -0.496 e. The van der Waals surface area contributed by atoms with Gasteiger partial charge in [-0.15, -0.1) is 0 Å². The smallest absolute Gasteiger partial charge is 0.331 e. The molecule has 0 aromatic heterocycles. The van der Waals surface area contributed by atoms with Crippen molar-refractivity contribution in [1.29, 1.82) is 0 Å². The van der Waals surface area contributed by atoms with Crippen LogP contribution in [0.5, 0.6) is 5.75 Å². The lowest BCUT2D eigenvalue weighted by Crippen LogP contribution is -2.54. The van der Waals surface area contributed by atoms with Gasteiger partial charge in [-0.25, -0.2) is 4.79 Å². The predicted octanol–water partition coefficient (Wildman–Crippen LogP) is 3.84. The molecule has 2 aromatic rings. The Morgan fingerprint density at radius 1 is 0.921 bits per heavy atom. The van der Waals surface area contributed by atoms with Crippen molar-refractivity contribution in [2.75, 3.05) is 13.7 Å². The lowest BCUT2D eigenvalue weighted by Gasteiger charge is -2.27. The molecule has 0 unspecified atom stereocenters. The van der Waals surface area contributed by atoms with Crippen LogP contribution in [-0.2, 0) is 16.1 Å².